The summed E-state index contributed by atoms with van der Waals surface area (Å²) in [6, 6.07) is 16.6. The lowest BCUT2D eigenvalue weighted by atomic mass is 9.78. The van der Waals surface area contributed by atoms with Crippen LogP contribution in [0.4, 0.5) is 5.69 Å². The Balaban J connectivity index is 1.49. The van der Waals surface area contributed by atoms with Crippen molar-refractivity contribution in [3.8, 4) is 0 Å². The molecule has 2 aromatic rings. The fourth-order valence-corrected chi connectivity index (χ4v) is 5.74. The highest BCUT2D eigenvalue weighted by atomic mass is 32.2. The molecule has 1 aliphatic carbocycles. The second kappa shape index (κ2) is 8.22. The Labute approximate surface area is 177 Å². The van der Waals surface area contributed by atoms with Crippen LogP contribution in [0.3, 0.4) is 0 Å². The van der Waals surface area contributed by atoms with Gasteiger partial charge in [-0.2, -0.15) is 8.42 Å². The van der Waals surface area contributed by atoms with E-state index in [1.54, 1.807) is 24.3 Å². The molecular formula is C23H27N3O3S. The SMILES string of the molecule is CC(NC(=O)CC1(CC2=NS(=O)(=O)c3ccccc3N2)CCCC1)c1ccccc1. The van der Waals surface area contributed by atoms with E-state index >= 15 is 0 Å². The predicted molar refractivity (Wildman–Crippen MR) is 118 cm³/mol. The van der Waals surface area contributed by atoms with Crippen molar-refractivity contribution in [1.29, 1.82) is 0 Å². The largest absolute Gasteiger partial charge is 0.350 e. The number of para-hydroxylation sites is 1. The van der Waals surface area contributed by atoms with Crippen molar-refractivity contribution in [3.05, 3.63) is 60.2 Å². The topological polar surface area (TPSA) is 87.6 Å². The maximum Gasteiger partial charge on any atom is 0.286 e. The van der Waals surface area contributed by atoms with E-state index in [2.05, 4.69) is 15.0 Å². The molecule has 1 heterocycles. The number of sulfonamides is 1. The molecule has 2 aromatic carbocycles. The number of nitrogens with zero attached hydrogens (tertiary/aromatic N) is 1. The zero-order valence-electron chi connectivity index (χ0n) is 17.1. The average molecular weight is 426 g/mol. The number of hydrogen-bond donors (Lipinski definition) is 2. The number of amides is 1. The number of anilines is 1. The molecular weight excluding hydrogens is 398 g/mol. The van der Waals surface area contributed by atoms with E-state index < -0.39 is 10.0 Å². The van der Waals surface area contributed by atoms with Crippen molar-refractivity contribution in [2.45, 2.75) is 56.4 Å². The Hall–Kier alpha value is -2.67. The van der Waals surface area contributed by atoms with Crippen LogP contribution in [0.1, 0.15) is 57.1 Å². The molecule has 1 amide bonds. The summed E-state index contributed by atoms with van der Waals surface area (Å²) in [6.45, 7) is 1.98. The zero-order chi connectivity index (χ0) is 21.2. The number of amidine groups is 1. The second-order valence-electron chi connectivity index (χ2n) is 8.39. The van der Waals surface area contributed by atoms with Crippen molar-refractivity contribution in [1.82, 2.24) is 5.32 Å². The predicted octanol–water partition coefficient (Wildman–Crippen LogP) is 4.42. The summed E-state index contributed by atoms with van der Waals surface area (Å²) in [5, 5.41) is 6.28. The summed E-state index contributed by atoms with van der Waals surface area (Å²) in [7, 11) is -3.72. The van der Waals surface area contributed by atoms with Crippen molar-refractivity contribution in [2.24, 2.45) is 9.81 Å². The third kappa shape index (κ3) is 4.41. The van der Waals surface area contributed by atoms with E-state index in [0.717, 1.165) is 31.2 Å². The van der Waals surface area contributed by atoms with Crippen LogP contribution in [0.5, 0.6) is 0 Å². The van der Waals surface area contributed by atoms with Gasteiger partial charge in [0.25, 0.3) is 10.0 Å². The fraction of sp³-hybridized carbons (Fsp3) is 0.391. The lowest BCUT2D eigenvalue weighted by Gasteiger charge is -2.31. The van der Waals surface area contributed by atoms with Gasteiger partial charge in [0, 0.05) is 12.8 Å². The molecule has 0 radical (unpaired) electrons. The lowest BCUT2D eigenvalue weighted by molar-refractivity contribution is -0.124. The minimum atomic E-state index is -3.72. The normalized spacial score (nSPS) is 19.8. The molecule has 0 bridgehead atoms. The molecule has 7 heteroatoms. The van der Waals surface area contributed by atoms with Crippen LogP contribution in [-0.2, 0) is 14.8 Å². The van der Waals surface area contributed by atoms with Crippen LogP contribution in [-0.4, -0.2) is 20.2 Å². The minimum Gasteiger partial charge on any atom is -0.350 e. The smallest absolute Gasteiger partial charge is 0.286 e. The zero-order valence-corrected chi connectivity index (χ0v) is 17.9. The molecule has 6 nitrogen and oxygen atoms in total. The van der Waals surface area contributed by atoms with Crippen LogP contribution in [0.25, 0.3) is 0 Å². The first-order valence-electron chi connectivity index (χ1n) is 10.4. The molecule has 2 N–H and O–H groups in total. The van der Waals surface area contributed by atoms with E-state index in [4.69, 9.17) is 0 Å². The number of carbonyl (C=O) groups excluding carboxylic acids is 1. The lowest BCUT2D eigenvalue weighted by Crippen LogP contribution is -2.35. The van der Waals surface area contributed by atoms with Gasteiger partial charge < -0.3 is 10.6 Å². The van der Waals surface area contributed by atoms with Gasteiger partial charge >= 0.3 is 0 Å². The first-order chi connectivity index (χ1) is 14.4. The van der Waals surface area contributed by atoms with Crippen LogP contribution < -0.4 is 10.6 Å². The molecule has 4 rings (SSSR count). The molecule has 0 spiro atoms. The summed E-state index contributed by atoms with van der Waals surface area (Å²) >= 11 is 0. The first kappa shape index (κ1) is 20.6. The standard InChI is InChI=1S/C23H27N3O3S/c1-17(18-9-3-2-4-10-18)24-22(27)16-23(13-7-8-14-23)15-21-25-19-11-5-6-12-20(19)30(28,29)26-21/h2-6,9-12,17H,7-8,13-16H2,1H3,(H,24,27)(H,25,26). The molecule has 0 saturated heterocycles. The van der Waals surface area contributed by atoms with Gasteiger partial charge in [-0.15, -0.1) is 4.40 Å². The molecule has 1 unspecified atom stereocenters. The number of carbonyl (C=O) groups is 1. The monoisotopic (exact) mass is 425 g/mol. The van der Waals surface area contributed by atoms with Crippen LogP contribution in [0, 0.1) is 5.41 Å². The van der Waals surface area contributed by atoms with Gasteiger partial charge in [0.05, 0.1) is 11.7 Å². The van der Waals surface area contributed by atoms with Crippen molar-refractivity contribution in [2.75, 3.05) is 5.32 Å². The molecule has 2 aliphatic rings. The number of benzene rings is 2. The van der Waals surface area contributed by atoms with E-state index in [0.29, 0.717) is 24.4 Å². The van der Waals surface area contributed by atoms with Gasteiger partial charge in [-0.05, 0) is 42.9 Å². The first-order valence-corrected chi connectivity index (χ1v) is 11.9. The maximum atomic E-state index is 12.9. The Morgan fingerprint density at radius 2 is 1.77 bits per heavy atom. The third-order valence-electron chi connectivity index (χ3n) is 6.09. The summed E-state index contributed by atoms with van der Waals surface area (Å²) in [5.41, 5.74) is 1.35. The number of hydrogen-bond acceptors (Lipinski definition) is 4. The highest BCUT2D eigenvalue weighted by Gasteiger charge is 2.39. The Bertz CT molecular complexity index is 1060. The summed E-state index contributed by atoms with van der Waals surface area (Å²) in [6.07, 6.45) is 4.68. The van der Waals surface area contributed by atoms with Gasteiger partial charge in [-0.25, -0.2) is 0 Å². The van der Waals surface area contributed by atoms with Crippen molar-refractivity contribution >= 4 is 27.5 Å². The van der Waals surface area contributed by atoms with Gasteiger partial charge in [-0.3, -0.25) is 4.79 Å². The third-order valence-corrected chi connectivity index (χ3v) is 7.47. The van der Waals surface area contributed by atoms with Crippen LogP contribution in [0.15, 0.2) is 63.9 Å². The number of nitrogens with one attached hydrogen (secondary N) is 2. The number of rotatable bonds is 6. The minimum absolute atomic E-state index is 0.00656. The highest BCUT2D eigenvalue weighted by molar-refractivity contribution is 7.90. The Kier molecular flexibility index (Phi) is 5.64. The van der Waals surface area contributed by atoms with Gasteiger partial charge in [0.1, 0.15) is 10.7 Å². The maximum absolute atomic E-state index is 12.9. The van der Waals surface area contributed by atoms with Gasteiger partial charge in [0.15, 0.2) is 0 Å². The van der Waals surface area contributed by atoms with Gasteiger partial charge in [0.2, 0.25) is 5.91 Å². The summed E-state index contributed by atoms with van der Waals surface area (Å²) in [5.74, 6) is 0.424. The van der Waals surface area contributed by atoms with Crippen LogP contribution >= 0.6 is 0 Å². The van der Waals surface area contributed by atoms with E-state index in [-0.39, 0.29) is 22.3 Å². The average Bonchev–Trinajstić information content (AvgIpc) is 3.15. The van der Waals surface area contributed by atoms with E-state index in [9.17, 15) is 13.2 Å². The van der Waals surface area contributed by atoms with E-state index in [1.165, 1.54) is 0 Å². The quantitative estimate of drug-likeness (QED) is 0.717. The van der Waals surface area contributed by atoms with Crippen molar-refractivity contribution < 1.29 is 13.2 Å². The molecule has 1 atom stereocenters. The second-order valence-corrected chi connectivity index (χ2v) is 9.97. The Morgan fingerprint density at radius 1 is 1.10 bits per heavy atom. The summed E-state index contributed by atoms with van der Waals surface area (Å²) < 4.78 is 29.2. The molecule has 158 valence electrons. The van der Waals surface area contributed by atoms with Crippen LogP contribution in [0.2, 0.25) is 0 Å². The molecule has 30 heavy (non-hydrogen) atoms. The summed E-state index contributed by atoms with van der Waals surface area (Å²) in [4.78, 5) is 13.1. The number of fused-ring (bicyclic) bond motifs is 1. The van der Waals surface area contributed by atoms with Gasteiger partial charge in [-0.1, -0.05) is 55.3 Å². The molecule has 1 saturated carbocycles. The molecule has 0 aromatic heterocycles. The van der Waals surface area contributed by atoms with E-state index in [1.807, 2.05) is 37.3 Å². The molecule has 1 aliphatic heterocycles. The highest BCUT2D eigenvalue weighted by Crippen LogP contribution is 2.45. The Morgan fingerprint density at radius 3 is 2.50 bits per heavy atom. The molecule has 1 fully saturated rings. The van der Waals surface area contributed by atoms with Crippen molar-refractivity contribution in [3.63, 3.8) is 0 Å². The fourth-order valence-electron chi connectivity index (χ4n) is 4.60.